The number of phenolic OH excluding ortho intramolecular Hbond substituents is 1. The lowest BCUT2D eigenvalue weighted by atomic mass is 9.98. The number of aromatic amines is 1. The molecule has 0 aliphatic carbocycles. The molecule has 0 atom stereocenters. The molecule has 8 heteroatoms. The van der Waals surface area contributed by atoms with Crippen LogP contribution in [0.2, 0.25) is 0 Å². The number of phenols is 1. The van der Waals surface area contributed by atoms with E-state index in [-0.39, 0.29) is 23.5 Å². The van der Waals surface area contributed by atoms with E-state index in [0.717, 1.165) is 11.1 Å². The third kappa shape index (κ3) is 6.29. The summed E-state index contributed by atoms with van der Waals surface area (Å²) in [6.07, 6.45) is 3.75. The molecule has 0 saturated heterocycles. The molecule has 0 saturated carbocycles. The van der Waals surface area contributed by atoms with Gasteiger partial charge < -0.3 is 25.6 Å². The number of hydrogen-bond acceptors (Lipinski definition) is 4. The Balaban J connectivity index is 1.53. The number of benzene rings is 2. The maximum Gasteiger partial charge on any atom is 0.270 e. The van der Waals surface area contributed by atoms with Crippen molar-refractivity contribution in [2.75, 3.05) is 26.2 Å². The van der Waals surface area contributed by atoms with Crippen molar-refractivity contribution >= 4 is 17.7 Å². The van der Waals surface area contributed by atoms with E-state index in [1.54, 1.807) is 47.5 Å². The van der Waals surface area contributed by atoms with Gasteiger partial charge in [-0.3, -0.25) is 14.4 Å². The topological polar surface area (TPSA) is 115 Å². The molecule has 4 bridgehead atoms. The third-order valence-corrected chi connectivity index (χ3v) is 6.07. The van der Waals surface area contributed by atoms with Crippen LogP contribution in [0.25, 0.3) is 11.1 Å². The van der Waals surface area contributed by atoms with Gasteiger partial charge in [0.25, 0.3) is 11.8 Å². The predicted molar refractivity (Wildman–Crippen MR) is 133 cm³/mol. The lowest BCUT2D eigenvalue weighted by Gasteiger charge is -2.22. The third-order valence-electron chi connectivity index (χ3n) is 6.07. The van der Waals surface area contributed by atoms with Crippen molar-refractivity contribution < 1.29 is 19.5 Å². The Morgan fingerprint density at radius 2 is 1.69 bits per heavy atom. The molecule has 0 spiro atoms. The van der Waals surface area contributed by atoms with Gasteiger partial charge >= 0.3 is 0 Å². The Hall–Kier alpha value is -4.07. The van der Waals surface area contributed by atoms with Crippen molar-refractivity contribution in [2.45, 2.75) is 25.7 Å². The summed E-state index contributed by atoms with van der Waals surface area (Å²) in [6.45, 7) is 1.78. The van der Waals surface area contributed by atoms with Crippen LogP contribution >= 0.6 is 0 Å². The quantitative estimate of drug-likeness (QED) is 0.434. The number of nitrogens with zero attached hydrogens (tertiary/aromatic N) is 1. The maximum atomic E-state index is 12.9. The largest absolute Gasteiger partial charge is 0.507 e. The first kappa shape index (κ1) is 24.1. The maximum absolute atomic E-state index is 12.9. The van der Waals surface area contributed by atoms with Crippen LogP contribution in [0.5, 0.6) is 5.75 Å². The van der Waals surface area contributed by atoms with Gasteiger partial charge in [0.15, 0.2) is 0 Å². The summed E-state index contributed by atoms with van der Waals surface area (Å²) in [5, 5.41) is 16.3. The smallest absolute Gasteiger partial charge is 0.270 e. The minimum absolute atomic E-state index is 0.0610. The van der Waals surface area contributed by atoms with Gasteiger partial charge in [-0.2, -0.15) is 0 Å². The second-order valence-electron chi connectivity index (χ2n) is 8.62. The van der Waals surface area contributed by atoms with Crippen LogP contribution in [0.15, 0.2) is 60.8 Å². The molecule has 0 radical (unpaired) electrons. The Morgan fingerprint density at radius 1 is 0.857 bits per heavy atom. The van der Waals surface area contributed by atoms with Gasteiger partial charge in [-0.15, -0.1) is 0 Å². The minimum Gasteiger partial charge on any atom is -0.507 e. The molecule has 1 aliphatic rings. The molecule has 8 nitrogen and oxygen atoms in total. The fraction of sp³-hybridized carbons (Fsp3) is 0.296. The van der Waals surface area contributed by atoms with Gasteiger partial charge in [0.1, 0.15) is 11.4 Å². The van der Waals surface area contributed by atoms with Crippen molar-refractivity contribution in [1.29, 1.82) is 0 Å². The van der Waals surface area contributed by atoms with Crippen LogP contribution < -0.4 is 10.6 Å². The van der Waals surface area contributed by atoms with E-state index in [0.29, 0.717) is 68.7 Å². The first-order chi connectivity index (χ1) is 17.0. The number of carbonyl (C=O) groups is 3. The summed E-state index contributed by atoms with van der Waals surface area (Å²) in [4.78, 5) is 42.7. The van der Waals surface area contributed by atoms with Gasteiger partial charge in [0.05, 0.1) is 0 Å². The number of aromatic hydroxyl groups is 1. The highest BCUT2D eigenvalue weighted by atomic mass is 16.3. The summed E-state index contributed by atoms with van der Waals surface area (Å²) in [5.41, 5.74) is 3.34. The second-order valence-corrected chi connectivity index (χ2v) is 8.62. The van der Waals surface area contributed by atoms with Gasteiger partial charge in [-0.1, -0.05) is 18.2 Å². The van der Waals surface area contributed by atoms with Crippen molar-refractivity contribution in [3.8, 4) is 16.9 Å². The molecule has 2 aromatic carbocycles. The normalized spacial score (nSPS) is 15.8. The van der Waals surface area contributed by atoms with Crippen LogP contribution in [0.3, 0.4) is 0 Å². The Kier molecular flexibility index (Phi) is 7.82. The first-order valence-corrected chi connectivity index (χ1v) is 11.9. The minimum atomic E-state index is -0.211. The zero-order valence-corrected chi connectivity index (χ0v) is 19.5. The van der Waals surface area contributed by atoms with Crippen molar-refractivity contribution in [3.05, 3.63) is 77.6 Å². The monoisotopic (exact) mass is 474 g/mol. The SMILES string of the molecule is O=C1CCCN(C(=O)c2ccc[nH]2)CCCNC(=O)c2cccc(c2)-c2cc(ccc2O)CCN1. The highest BCUT2D eigenvalue weighted by Crippen LogP contribution is 2.30. The van der Waals surface area contributed by atoms with Crippen LogP contribution in [0.1, 0.15) is 45.7 Å². The number of carbonyl (C=O) groups excluding carboxylic acids is 3. The average molecular weight is 475 g/mol. The van der Waals surface area contributed by atoms with Crippen LogP contribution in [0.4, 0.5) is 0 Å². The number of amides is 3. The predicted octanol–water partition coefficient (Wildman–Crippen LogP) is 3.10. The summed E-state index contributed by atoms with van der Waals surface area (Å²) < 4.78 is 0. The number of aromatic nitrogens is 1. The van der Waals surface area contributed by atoms with E-state index in [1.165, 1.54) is 0 Å². The Labute approximate surface area is 204 Å². The van der Waals surface area contributed by atoms with Gasteiger partial charge in [-0.25, -0.2) is 0 Å². The summed E-state index contributed by atoms with van der Waals surface area (Å²) in [6, 6.07) is 16.0. The van der Waals surface area contributed by atoms with Crippen LogP contribution in [-0.4, -0.2) is 58.9 Å². The summed E-state index contributed by atoms with van der Waals surface area (Å²) in [5.74, 6) is -0.265. The molecule has 3 amide bonds. The van der Waals surface area contributed by atoms with Gasteiger partial charge in [-0.05, 0) is 66.8 Å². The zero-order valence-electron chi connectivity index (χ0n) is 19.5. The lowest BCUT2D eigenvalue weighted by Crippen LogP contribution is -2.36. The van der Waals surface area contributed by atoms with Crippen molar-refractivity contribution in [2.24, 2.45) is 0 Å². The summed E-state index contributed by atoms with van der Waals surface area (Å²) in [7, 11) is 0. The molecular formula is C27H30N4O4. The van der Waals surface area contributed by atoms with Crippen LogP contribution in [-0.2, 0) is 11.2 Å². The second kappa shape index (κ2) is 11.4. The molecule has 4 N–H and O–H groups in total. The molecule has 0 fully saturated rings. The molecule has 4 rings (SSSR count). The number of H-pyrrole nitrogens is 1. The Morgan fingerprint density at radius 3 is 2.51 bits per heavy atom. The number of fused-ring (bicyclic) bond motifs is 5. The number of hydrogen-bond donors (Lipinski definition) is 4. The fourth-order valence-electron chi connectivity index (χ4n) is 4.19. The first-order valence-electron chi connectivity index (χ1n) is 11.9. The number of nitrogens with one attached hydrogen (secondary N) is 3. The molecule has 1 aliphatic heterocycles. The summed E-state index contributed by atoms with van der Waals surface area (Å²) >= 11 is 0. The molecule has 35 heavy (non-hydrogen) atoms. The van der Waals surface area contributed by atoms with E-state index in [9.17, 15) is 19.5 Å². The molecule has 1 aromatic heterocycles. The Bertz CT molecular complexity index is 1190. The highest BCUT2D eigenvalue weighted by molar-refractivity contribution is 5.95. The lowest BCUT2D eigenvalue weighted by molar-refractivity contribution is -0.121. The van der Waals surface area contributed by atoms with Gasteiger partial charge in [0, 0.05) is 49.9 Å². The van der Waals surface area contributed by atoms with Crippen molar-refractivity contribution in [1.82, 2.24) is 20.5 Å². The number of rotatable bonds is 1. The standard InChI is InChI=1S/C27H30N4O4/c32-24-10-9-19-11-14-29-25(33)8-3-15-31(27(35)23-7-2-12-28-23)16-4-13-30-26(34)21-6-1-5-20(18-21)22(24)17-19/h1-2,5-7,9-10,12,17-18,28,32H,3-4,8,11,13-16H2,(H,29,33)(H,30,34). The zero-order chi connectivity index (χ0) is 24.6. The van der Waals surface area contributed by atoms with E-state index in [2.05, 4.69) is 15.6 Å². The van der Waals surface area contributed by atoms with Gasteiger partial charge in [0.2, 0.25) is 5.91 Å². The van der Waals surface area contributed by atoms with Crippen molar-refractivity contribution in [3.63, 3.8) is 0 Å². The van der Waals surface area contributed by atoms with E-state index in [4.69, 9.17) is 0 Å². The van der Waals surface area contributed by atoms with E-state index >= 15 is 0 Å². The molecular weight excluding hydrogens is 444 g/mol. The average Bonchev–Trinajstić information content (AvgIpc) is 3.40. The van der Waals surface area contributed by atoms with E-state index in [1.807, 2.05) is 18.2 Å². The highest BCUT2D eigenvalue weighted by Gasteiger charge is 2.17. The molecule has 0 unspecified atom stereocenters. The van der Waals surface area contributed by atoms with E-state index < -0.39 is 0 Å². The fourth-order valence-corrected chi connectivity index (χ4v) is 4.19. The molecule has 2 heterocycles. The van der Waals surface area contributed by atoms with Crippen LogP contribution in [0, 0.1) is 0 Å². The molecule has 182 valence electrons. The molecule has 3 aromatic rings.